The summed E-state index contributed by atoms with van der Waals surface area (Å²) in [5.74, 6) is -0.178. The van der Waals surface area contributed by atoms with Crippen molar-refractivity contribution in [2.75, 3.05) is 11.9 Å². The molecule has 0 aliphatic carbocycles. The molecular weight excluding hydrogens is 398 g/mol. The smallest absolute Gasteiger partial charge is 0.293 e. The Morgan fingerprint density at radius 1 is 1.29 bits per heavy atom. The molecule has 0 unspecified atom stereocenters. The Bertz CT molecular complexity index is 1130. The van der Waals surface area contributed by atoms with Crippen LogP contribution in [0.3, 0.4) is 0 Å². The van der Waals surface area contributed by atoms with Gasteiger partial charge in [-0.1, -0.05) is 17.7 Å². The Morgan fingerprint density at radius 3 is 2.82 bits per heavy atom. The summed E-state index contributed by atoms with van der Waals surface area (Å²) in [5, 5.41) is 3.15. The number of anilines is 1. The molecular formula is C19H19N3O4S2. The van der Waals surface area contributed by atoms with E-state index in [1.165, 1.54) is 21.9 Å². The van der Waals surface area contributed by atoms with Gasteiger partial charge in [-0.25, -0.2) is 13.4 Å². The van der Waals surface area contributed by atoms with Crippen LogP contribution in [0, 0.1) is 13.8 Å². The van der Waals surface area contributed by atoms with Gasteiger partial charge in [0.05, 0.1) is 23.4 Å². The van der Waals surface area contributed by atoms with Gasteiger partial charge in [0, 0.05) is 17.8 Å². The highest BCUT2D eigenvalue weighted by Crippen LogP contribution is 2.32. The first-order valence-corrected chi connectivity index (χ1v) is 11.0. The van der Waals surface area contributed by atoms with Crippen molar-refractivity contribution < 1.29 is 17.6 Å². The molecule has 7 nitrogen and oxygen atoms in total. The van der Waals surface area contributed by atoms with Gasteiger partial charge < -0.3 is 4.42 Å². The summed E-state index contributed by atoms with van der Waals surface area (Å²) in [6, 6.07) is 8.55. The van der Waals surface area contributed by atoms with Gasteiger partial charge >= 0.3 is 0 Å². The van der Waals surface area contributed by atoms with Crippen molar-refractivity contribution >= 4 is 32.4 Å². The largest absolute Gasteiger partial charge is 0.459 e. The van der Waals surface area contributed by atoms with E-state index in [0.717, 1.165) is 21.7 Å². The van der Waals surface area contributed by atoms with Gasteiger partial charge in [0.25, 0.3) is 5.91 Å². The maximum absolute atomic E-state index is 13.1. The van der Waals surface area contributed by atoms with E-state index in [1.807, 2.05) is 26.0 Å². The molecule has 1 aliphatic rings. The molecule has 3 heterocycles. The first-order chi connectivity index (χ1) is 13.3. The second kappa shape index (κ2) is 7.16. The van der Waals surface area contributed by atoms with Crippen LogP contribution in [0.4, 0.5) is 5.13 Å². The Hall–Kier alpha value is -2.49. The van der Waals surface area contributed by atoms with Crippen LogP contribution in [-0.2, 0) is 23.0 Å². The van der Waals surface area contributed by atoms with Crippen molar-refractivity contribution in [1.82, 2.24) is 9.29 Å². The molecule has 1 aromatic carbocycles. The van der Waals surface area contributed by atoms with Crippen LogP contribution >= 0.6 is 11.3 Å². The third kappa shape index (κ3) is 3.48. The molecule has 2 aromatic heterocycles. The average molecular weight is 418 g/mol. The minimum atomic E-state index is -3.59. The van der Waals surface area contributed by atoms with Gasteiger partial charge in [0.1, 0.15) is 0 Å². The van der Waals surface area contributed by atoms with E-state index >= 15 is 0 Å². The van der Waals surface area contributed by atoms with Gasteiger partial charge in [-0.05, 0) is 37.6 Å². The monoisotopic (exact) mass is 417 g/mol. The lowest BCUT2D eigenvalue weighted by Gasteiger charge is -2.26. The molecule has 9 heteroatoms. The topological polar surface area (TPSA) is 92.5 Å². The third-order valence-corrected chi connectivity index (χ3v) is 7.61. The molecule has 1 aliphatic heterocycles. The molecule has 0 bridgehead atoms. The van der Waals surface area contributed by atoms with Crippen LogP contribution in [0.2, 0.25) is 0 Å². The number of thiazole rings is 1. The highest BCUT2D eigenvalue weighted by atomic mass is 32.2. The zero-order valence-corrected chi connectivity index (χ0v) is 17.1. The minimum Gasteiger partial charge on any atom is -0.459 e. The van der Waals surface area contributed by atoms with Gasteiger partial charge in [0.15, 0.2) is 10.9 Å². The van der Waals surface area contributed by atoms with Crippen LogP contribution in [0.25, 0.3) is 0 Å². The fourth-order valence-electron chi connectivity index (χ4n) is 3.22. The number of fused-ring (bicyclic) bond motifs is 1. The Kier molecular flexibility index (Phi) is 4.82. The second-order valence-corrected chi connectivity index (χ2v) is 9.67. The van der Waals surface area contributed by atoms with Crippen molar-refractivity contribution in [3.63, 3.8) is 0 Å². The normalized spacial score (nSPS) is 14.6. The summed E-state index contributed by atoms with van der Waals surface area (Å²) < 4.78 is 32.7. The van der Waals surface area contributed by atoms with Crippen LogP contribution in [0.5, 0.6) is 0 Å². The third-order valence-electron chi connectivity index (χ3n) is 4.61. The lowest BCUT2D eigenvalue weighted by atomic mass is 10.2. The maximum Gasteiger partial charge on any atom is 0.293 e. The van der Waals surface area contributed by atoms with E-state index in [9.17, 15) is 13.2 Å². The minimum absolute atomic E-state index is 0.201. The quantitative estimate of drug-likeness (QED) is 0.703. The van der Waals surface area contributed by atoms with Crippen molar-refractivity contribution in [3.8, 4) is 0 Å². The summed E-state index contributed by atoms with van der Waals surface area (Å²) in [5.41, 5.74) is 2.59. The maximum atomic E-state index is 13.1. The summed E-state index contributed by atoms with van der Waals surface area (Å²) in [4.78, 5) is 17.7. The number of aromatic nitrogens is 1. The molecule has 1 amide bonds. The number of aryl methyl sites for hydroxylation is 2. The number of nitrogens with one attached hydrogen (secondary N) is 1. The Labute approximate surface area is 167 Å². The molecule has 0 fully saturated rings. The summed E-state index contributed by atoms with van der Waals surface area (Å²) >= 11 is 1.29. The fourth-order valence-corrected chi connectivity index (χ4v) is 5.94. The standard InChI is InChI=1S/C19H19N3O4S2/c1-12-5-6-17(13(2)10-12)28(24,25)22-8-7-14-16(11-22)27-19(20-14)21-18(23)15-4-3-9-26-15/h3-6,9-10H,7-8,11H2,1-2H3,(H,20,21,23). The van der Waals surface area contributed by atoms with Crippen molar-refractivity contribution in [1.29, 1.82) is 0 Å². The number of hydrogen-bond donors (Lipinski definition) is 1. The van der Waals surface area contributed by atoms with Crippen LogP contribution in [0.15, 0.2) is 45.9 Å². The first kappa shape index (κ1) is 18.9. The molecule has 1 N–H and O–H groups in total. The zero-order chi connectivity index (χ0) is 19.9. The number of sulfonamides is 1. The molecule has 0 atom stereocenters. The number of hydrogen-bond acceptors (Lipinski definition) is 6. The summed E-state index contributed by atoms with van der Waals surface area (Å²) in [7, 11) is -3.59. The molecule has 28 heavy (non-hydrogen) atoms. The lowest BCUT2D eigenvalue weighted by Crippen LogP contribution is -2.35. The van der Waals surface area contributed by atoms with Crippen LogP contribution in [-0.4, -0.2) is 30.2 Å². The number of amides is 1. The zero-order valence-electron chi connectivity index (χ0n) is 15.4. The molecule has 0 radical (unpaired) electrons. The molecule has 0 saturated carbocycles. The van der Waals surface area contributed by atoms with Crippen LogP contribution in [0.1, 0.15) is 32.3 Å². The van der Waals surface area contributed by atoms with Gasteiger partial charge in [0.2, 0.25) is 10.0 Å². The lowest BCUT2D eigenvalue weighted by molar-refractivity contribution is 0.0996. The summed E-state index contributed by atoms with van der Waals surface area (Å²) in [6.45, 7) is 4.36. The SMILES string of the molecule is Cc1ccc(S(=O)(=O)N2CCc3nc(NC(=O)c4ccco4)sc3C2)c(C)c1. The predicted octanol–water partition coefficient (Wildman–Crippen LogP) is 3.35. The molecule has 0 spiro atoms. The van der Waals surface area contributed by atoms with Crippen LogP contribution < -0.4 is 5.32 Å². The van der Waals surface area contributed by atoms with Crippen molar-refractivity contribution in [2.24, 2.45) is 0 Å². The number of carbonyl (C=O) groups is 1. The first-order valence-electron chi connectivity index (χ1n) is 8.75. The van der Waals surface area contributed by atoms with Gasteiger partial charge in [-0.2, -0.15) is 4.31 Å². The predicted molar refractivity (Wildman–Crippen MR) is 106 cm³/mol. The highest BCUT2D eigenvalue weighted by Gasteiger charge is 2.31. The van der Waals surface area contributed by atoms with E-state index in [4.69, 9.17) is 4.42 Å². The molecule has 4 rings (SSSR count). The highest BCUT2D eigenvalue weighted by molar-refractivity contribution is 7.89. The van der Waals surface area contributed by atoms with Gasteiger partial charge in [-0.3, -0.25) is 10.1 Å². The Morgan fingerprint density at radius 2 is 2.11 bits per heavy atom. The number of benzene rings is 1. The van der Waals surface area contributed by atoms with E-state index in [2.05, 4.69) is 10.3 Å². The number of carbonyl (C=O) groups excluding carboxylic acids is 1. The van der Waals surface area contributed by atoms with E-state index in [1.54, 1.807) is 18.2 Å². The molecule has 0 saturated heterocycles. The van der Waals surface area contributed by atoms with E-state index in [0.29, 0.717) is 23.0 Å². The Balaban J connectivity index is 1.55. The molecule has 3 aromatic rings. The molecule has 146 valence electrons. The van der Waals surface area contributed by atoms with E-state index < -0.39 is 10.0 Å². The van der Waals surface area contributed by atoms with Gasteiger partial charge in [-0.15, -0.1) is 11.3 Å². The number of rotatable bonds is 4. The second-order valence-electron chi connectivity index (χ2n) is 6.68. The fraction of sp³-hybridized carbons (Fsp3) is 0.263. The summed E-state index contributed by atoms with van der Waals surface area (Å²) in [6.07, 6.45) is 1.93. The van der Waals surface area contributed by atoms with Crippen molar-refractivity contribution in [3.05, 3.63) is 64.1 Å². The van der Waals surface area contributed by atoms with E-state index in [-0.39, 0.29) is 18.2 Å². The van der Waals surface area contributed by atoms with Crippen molar-refractivity contribution in [2.45, 2.75) is 31.7 Å². The average Bonchev–Trinajstić information content (AvgIpc) is 3.30. The number of nitrogens with zero attached hydrogens (tertiary/aromatic N) is 2. The number of furan rings is 1.